The molecule has 7 heteroatoms. The lowest BCUT2D eigenvalue weighted by molar-refractivity contribution is -0.127. The summed E-state index contributed by atoms with van der Waals surface area (Å²) in [5.41, 5.74) is 3.16. The number of nitrogens with one attached hydrogen (secondary N) is 1. The van der Waals surface area contributed by atoms with Crippen LogP contribution in [0.5, 0.6) is 0 Å². The Labute approximate surface area is 200 Å². The number of nitrogens with zero attached hydrogens (tertiary/aromatic N) is 3. The molecule has 1 aromatic heterocycles. The molecule has 1 fully saturated rings. The van der Waals surface area contributed by atoms with Crippen molar-refractivity contribution in [1.82, 2.24) is 20.4 Å². The van der Waals surface area contributed by atoms with E-state index in [0.29, 0.717) is 24.8 Å². The second kappa shape index (κ2) is 10.1. The molecule has 1 N–H and O–H groups in total. The van der Waals surface area contributed by atoms with Gasteiger partial charge in [0.05, 0.1) is 18.5 Å². The zero-order chi connectivity index (χ0) is 24.3. The molecular formula is C27H33FN4O2. The average Bonchev–Trinajstić information content (AvgIpc) is 3.27. The molecule has 0 aliphatic carbocycles. The fourth-order valence-corrected chi connectivity index (χ4v) is 4.33. The molecule has 0 spiro atoms. The van der Waals surface area contributed by atoms with Crippen LogP contribution in [-0.4, -0.2) is 34.0 Å². The van der Waals surface area contributed by atoms with Crippen LogP contribution >= 0.6 is 0 Å². The minimum absolute atomic E-state index is 0.0201. The number of piperidine rings is 1. The lowest BCUT2D eigenvalue weighted by Crippen LogP contribution is -2.43. The molecule has 2 unspecified atom stereocenters. The first-order valence-electron chi connectivity index (χ1n) is 11.9. The van der Waals surface area contributed by atoms with Gasteiger partial charge < -0.3 is 9.84 Å². The van der Waals surface area contributed by atoms with Crippen molar-refractivity contribution in [2.75, 3.05) is 13.1 Å². The highest BCUT2D eigenvalue weighted by molar-refractivity contribution is 5.79. The van der Waals surface area contributed by atoms with E-state index in [-0.39, 0.29) is 29.1 Å². The molecule has 1 aliphatic heterocycles. The molecule has 1 amide bonds. The molecule has 1 aliphatic rings. The number of likely N-dealkylation sites (tertiary alicyclic amines) is 1. The Morgan fingerprint density at radius 2 is 1.88 bits per heavy atom. The number of rotatable bonds is 6. The van der Waals surface area contributed by atoms with Gasteiger partial charge in [-0.25, -0.2) is 4.39 Å². The van der Waals surface area contributed by atoms with E-state index in [1.54, 1.807) is 12.1 Å². The van der Waals surface area contributed by atoms with Gasteiger partial charge in [0.1, 0.15) is 5.82 Å². The Morgan fingerprint density at radius 3 is 2.56 bits per heavy atom. The lowest BCUT2D eigenvalue weighted by atomic mass is 9.87. The SMILES string of the molecule is CC(NC(=O)C1CCCN(Cc2nc(-c3ccc(C(C)(C)C)cc3)no2)C1)c1ccc(F)cc1. The standard InChI is InChI=1S/C27H33FN4O2/c1-18(19-9-13-23(28)14-10-19)29-26(33)21-6-5-15-32(16-21)17-24-30-25(31-34-24)20-7-11-22(12-8-20)27(2,3)4/h7-14,18,21H,5-6,15-17H2,1-4H3,(H,29,33). The molecule has 2 aromatic carbocycles. The summed E-state index contributed by atoms with van der Waals surface area (Å²) in [4.78, 5) is 19.6. The molecule has 2 atom stereocenters. The number of benzene rings is 2. The van der Waals surface area contributed by atoms with Crippen LogP contribution in [0.25, 0.3) is 11.4 Å². The summed E-state index contributed by atoms with van der Waals surface area (Å²) in [7, 11) is 0. The van der Waals surface area contributed by atoms with Gasteiger partial charge in [-0.15, -0.1) is 0 Å². The van der Waals surface area contributed by atoms with Gasteiger partial charge in [0.2, 0.25) is 17.6 Å². The minimum Gasteiger partial charge on any atom is -0.349 e. The van der Waals surface area contributed by atoms with Gasteiger partial charge in [0.15, 0.2) is 0 Å². The first-order valence-corrected chi connectivity index (χ1v) is 11.9. The smallest absolute Gasteiger partial charge is 0.241 e. The summed E-state index contributed by atoms with van der Waals surface area (Å²) in [6, 6.07) is 14.3. The first-order chi connectivity index (χ1) is 16.2. The quantitative estimate of drug-likeness (QED) is 0.539. The Hall–Kier alpha value is -3.06. The highest BCUT2D eigenvalue weighted by Gasteiger charge is 2.28. The van der Waals surface area contributed by atoms with Gasteiger partial charge in [-0.2, -0.15) is 4.98 Å². The predicted octanol–water partition coefficient (Wildman–Crippen LogP) is 5.26. The maximum Gasteiger partial charge on any atom is 0.241 e. The maximum atomic E-state index is 13.2. The van der Waals surface area contributed by atoms with E-state index in [0.717, 1.165) is 30.5 Å². The highest BCUT2D eigenvalue weighted by atomic mass is 19.1. The summed E-state index contributed by atoms with van der Waals surface area (Å²) >= 11 is 0. The van der Waals surface area contributed by atoms with E-state index in [4.69, 9.17) is 4.52 Å². The van der Waals surface area contributed by atoms with Crippen LogP contribution in [0.15, 0.2) is 53.1 Å². The van der Waals surface area contributed by atoms with Crippen molar-refractivity contribution in [2.45, 2.75) is 58.5 Å². The number of amides is 1. The summed E-state index contributed by atoms with van der Waals surface area (Å²) in [6.45, 7) is 10.5. The molecule has 3 aromatic rings. The van der Waals surface area contributed by atoms with Crippen molar-refractivity contribution in [3.8, 4) is 11.4 Å². The Morgan fingerprint density at radius 1 is 1.18 bits per heavy atom. The summed E-state index contributed by atoms with van der Waals surface area (Å²) in [6.07, 6.45) is 1.77. The molecule has 1 saturated heterocycles. The van der Waals surface area contributed by atoms with Crippen LogP contribution in [0, 0.1) is 11.7 Å². The van der Waals surface area contributed by atoms with Crippen molar-refractivity contribution >= 4 is 5.91 Å². The molecule has 0 saturated carbocycles. The Kier molecular flexibility index (Phi) is 7.12. The highest BCUT2D eigenvalue weighted by Crippen LogP contribution is 2.26. The van der Waals surface area contributed by atoms with E-state index in [1.165, 1.54) is 17.7 Å². The molecular weight excluding hydrogens is 431 g/mol. The second-order valence-corrected chi connectivity index (χ2v) is 10.2. The fourth-order valence-electron chi connectivity index (χ4n) is 4.33. The predicted molar refractivity (Wildman–Crippen MR) is 129 cm³/mol. The minimum atomic E-state index is -0.281. The molecule has 180 valence electrons. The average molecular weight is 465 g/mol. The zero-order valence-electron chi connectivity index (χ0n) is 20.3. The number of carbonyl (C=O) groups excluding carboxylic acids is 1. The van der Waals surface area contributed by atoms with E-state index >= 15 is 0 Å². The van der Waals surface area contributed by atoms with Gasteiger partial charge in [-0.1, -0.05) is 62.3 Å². The van der Waals surface area contributed by atoms with Crippen LogP contribution in [0.2, 0.25) is 0 Å². The third kappa shape index (κ3) is 5.89. The van der Waals surface area contributed by atoms with Crippen LogP contribution in [0.1, 0.15) is 63.6 Å². The van der Waals surface area contributed by atoms with E-state index in [2.05, 4.69) is 53.3 Å². The number of carbonyl (C=O) groups is 1. The summed E-state index contributed by atoms with van der Waals surface area (Å²) < 4.78 is 18.7. The van der Waals surface area contributed by atoms with E-state index in [1.807, 2.05) is 19.1 Å². The summed E-state index contributed by atoms with van der Waals surface area (Å²) in [5, 5.41) is 7.23. The lowest BCUT2D eigenvalue weighted by Gasteiger charge is -2.31. The van der Waals surface area contributed by atoms with Crippen molar-refractivity contribution in [2.24, 2.45) is 5.92 Å². The first kappa shape index (κ1) is 24.1. The molecule has 34 heavy (non-hydrogen) atoms. The normalized spacial score (nSPS) is 18.0. The molecule has 0 radical (unpaired) electrons. The van der Waals surface area contributed by atoms with Crippen molar-refractivity contribution < 1.29 is 13.7 Å². The monoisotopic (exact) mass is 464 g/mol. The van der Waals surface area contributed by atoms with Crippen LogP contribution in [-0.2, 0) is 16.8 Å². The van der Waals surface area contributed by atoms with Gasteiger partial charge in [0, 0.05) is 12.1 Å². The van der Waals surface area contributed by atoms with Crippen molar-refractivity contribution in [1.29, 1.82) is 0 Å². The van der Waals surface area contributed by atoms with Crippen molar-refractivity contribution in [3.63, 3.8) is 0 Å². The molecule has 0 bridgehead atoms. The third-order valence-electron chi connectivity index (χ3n) is 6.44. The van der Waals surface area contributed by atoms with Gasteiger partial charge >= 0.3 is 0 Å². The van der Waals surface area contributed by atoms with Gasteiger partial charge in [-0.3, -0.25) is 9.69 Å². The molecule has 6 nitrogen and oxygen atoms in total. The Balaban J connectivity index is 1.34. The fraction of sp³-hybridized carbons (Fsp3) is 0.444. The van der Waals surface area contributed by atoms with Crippen LogP contribution < -0.4 is 5.32 Å². The molecule has 4 rings (SSSR count). The second-order valence-electron chi connectivity index (χ2n) is 10.2. The van der Waals surface area contributed by atoms with Crippen LogP contribution in [0.4, 0.5) is 4.39 Å². The largest absolute Gasteiger partial charge is 0.349 e. The zero-order valence-corrected chi connectivity index (χ0v) is 20.3. The number of hydrogen-bond acceptors (Lipinski definition) is 5. The van der Waals surface area contributed by atoms with E-state index in [9.17, 15) is 9.18 Å². The maximum absolute atomic E-state index is 13.2. The number of hydrogen-bond donors (Lipinski definition) is 1. The number of aromatic nitrogens is 2. The molecule has 2 heterocycles. The van der Waals surface area contributed by atoms with Gasteiger partial charge in [-0.05, 0) is 55.0 Å². The number of halogens is 1. The Bertz CT molecular complexity index is 1100. The van der Waals surface area contributed by atoms with Crippen LogP contribution in [0.3, 0.4) is 0 Å². The topological polar surface area (TPSA) is 71.3 Å². The third-order valence-corrected chi connectivity index (χ3v) is 6.44. The van der Waals surface area contributed by atoms with E-state index < -0.39 is 0 Å². The van der Waals surface area contributed by atoms with Crippen molar-refractivity contribution in [3.05, 3.63) is 71.4 Å². The summed E-state index contributed by atoms with van der Waals surface area (Å²) in [5.74, 6) is 0.762. The van der Waals surface area contributed by atoms with Gasteiger partial charge in [0.25, 0.3) is 0 Å².